The first kappa shape index (κ1) is 48.5. The summed E-state index contributed by atoms with van der Waals surface area (Å²) in [6.45, 7) is 4.88. The third-order valence-corrected chi connectivity index (χ3v) is 14.6. The van der Waals surface area contributed by atoms with Crippen LogP contribution in [0.2, 0.25) is 0 Å². The summed E-state index contributed by atoms with van der Waals surface area (Å²) in [5.41, 5.74) is 5.62. The predicted octanol–water partition coefficient (Wildman–Crippen LogP) is 8.29. The van der Waals surface area contributed by atoms with Crippen molar-refractivity contribution in [3.05, 3.63) is 124 Å². The first-order chi connectivity index (χ1) is 34.3. The Balaban J connectivity index is 0.761. The van der Waals surface area contributed by atoms with Crippen molar-refractivity contribution in [3.63, 3.8) is 0 Å². The molecule has 0 bridgehead atoms. The average molecular weight is 980 g/mol. The van der Waals surface area contributed by atoms with Crippen LogP contribution in [-0.2, 0) is 27.3 Å². The van der Waals surface area contributed by atoms with E-state index in [1.54, 1.807) is 19.2 Å². The van der Waals surface area contributed by atoms with Crippen LogP contribution in [0.25, 0.3) is 21.3 Å². The van der Waals surface area contributed by atoms with Gasteiger partial charge in [-0.15, -0.1) is 0 Å². The number of carboxylic acid groups (broad SMARTS) is 1. The number of piperidine rings is 2. The van der Waals surface area contributed by atoms with Crippen molar-refractivity contribution in [3.8, 4) is 16.9 Å². The third-order valence-electron chi connectivity index (χ3n) is 13.6. The molecule has 5 heterocycles. The number of ether oxygens (including phenoxy) is 1. The van der Waals surface area contributed by atoms with Gasteiger partial charge in [0.25, 0.3) is 5.91 Å². The molecule has 366 valence electrons. The van der Waals surface area contributed by atoms with Crippen LogP contribution in [0.4, 0.5) is 26.7 Å². The van der Waals surface area contributed by atoms with E-state index in [2.05, 4.69) is 26.3 Å². The Bertz CT molecular complexity index is 3050. The topological polar surface area (TPSA) is 219 Å². The molecule has 3 aliphatic rings. The molecule has 1 atom stereocenters. The number of nitrogens with zero attached hydrogens (tertiary/aromatic N) is 4. The van der Waals surface area contributed by atoms with Crippen molar-refractivity contribution in [2.75, 3.05) is 60.7 Å². The van der Waals surface area contributed by atoms with Crippen LogP contribution < -0.4 is 30.9 Å². The number of aromatic carboxylic acids is 1. The molecular formula is C53H54FN9O7S. The van der Waals surface area contributed by atoms with Gasteiger partial charge < -0.3 is 30.8 Å². The van der Waals surface area contributed by atoms with Gasteiger partial charge in [0.2, 0.25) is 17.7 Å². The molecule has 4 amide bonds. The summed E-state index contributed by atoms with van der Waals surface area (Å²) in [6.07, 6.45) is 4.44. The first-order valence-corrected chi connectivity index (χ1v) is 24.6. The van der Waals surface area contributed by atoms with Crippen molar-refractivity contribution < 1.29 is 38.2 Å². The lowest BCUT2D eigenvalue weighted by Crippen LogP contribution is -2.44. The van der Waals surface area contributed by atoms with Crippen LogP contribution in [0.5, 0.6) is 5.75 Å². The van der Waals surface area contributed by atoms with Crippen LogP contribution in [0.3, 0.4) is 0 Å². The zero-order valence-electron chi connectivity index (χ0n) is 39.4. The van der Waals surface area contributed by atoms with Gasteiger partial charge in [0.05, 0.1) is 40.7 Å². The zero-order chi connectivity index (χ0) is 49.8. The van der Waals surface area contributed by atoms with Gasteiger partial charge >= 0.3 is 5.97 Å². The third kappa shape index (κ3) is 10.8. The number of hydrogen-bond donors (Lipinski definition) is 6. The van der Waals surface area contributed by atoms with E-state index >= 15 is 4.39 Å². The number of fused-ring (bicyclic) bond motifs is 2. The number of imide groups is 1. The van der Waals surface area contributed by atoms with E-state index < -0.39 is 29.5 Å². The number of nitrogens with one attached hydrogen (secondary N) is 5. The number of carbonyl (C=O) groups excluding carboxylic acids is 4. The minimum atomic E-state index is -1.15. The minimum Gasteiger partial charge on any atom is -0.493 e. The molecule has 0 aliphatic carbocycles. The molecule has 0 saturated carbocycles. The molecule has 4 aromatic carbocycles. The summed E-state index contributed by atoms with van der Waals surface area (Å²) in [6, 6.07) is 25.2. The number of thiazole rings is 1. The number of aromatic nitrogens is 2. The zero-order valence-corrected chi connectivity index (χ0v) is 40.2. The standard InChI is InChI=1S/C53H54FN9O7S/c1-30-33(34-15-17-45(59-49(34)52(68)69)63-24-21-32-9-5-11-35(38(32)28-63)50(66)61-53-58-40-12-3-4-14-44(40)71-53)10-6-13-43(30)70-25-7-8-31-19-22-62(23-20-31)29-47(65)57-42-27-41(56-2)37(26-39(42)54)48(55)36-16-18-46(64)60-51(36)67/h3-6,9-15,17,26-27,31,36,55-56H,7-8,16,18-25,28-29H2,1-2H3,(H,57,65)(H,68,69)(H,58,61,66)(H,60,64,67). The molecule has 6 N–H and O–H groups in total. The average Bonchev–Trinajstić information content (AvgIpc) is 3.78. The van der Waals surface area contributed by atoms with Crippen LogP contribution in [-0.4, -0.2) is 95.1 Å². The minimum absolute atomic E-state index is 0.0347. The van der Waals surface area contributed by atoms with Crippen molar-refractivity contribution in [2.45, 2.75) is 58.4 Å². The van der Waals surface area contributed by atoms with Crippen LogP contribution in [0.1, 0.15) is 81.6 Å². The number of amides is 4. The van der Waals surface area contributed by atoms with Gasteiger partial charge in [0.15, 0.2) is 10.8 Å². The highest BCUT2D eigenvalue weighted by Crippen LogP contribution is 2.36. The molecule has 0 radical (unpaired) electrons. The summed E-state index contributed by atoms with van der Waals surface area (Å²) in [4.78, 5) is 76.8. The van der Waals surface area contributed by atoms with Crippen LogP contribution >= 0.6 is 11.3 Å². The fourth-order valence-electron chi connectivity index (χ4n) is 9.78. The summed E-state index contributed by atoms with van der Waals surface area (Å²) in [7, 11) is 1.61. The second kappa shape index (κ2) is 21.2. The number of carboxylic acids is 1. The molecule has 16 nitrogen and oxygen atoms in total. The number of carbonyl (C=O) groups is 5. The molecule has 3 aliphatic heterocycles. The van der Waals surface area contributed by atoms with Crippen LogP contribution in [0, 0.1) is 30.0 Å². The lowest BCUT2D eigenvalue weighted by atomic mass is 9.88. The van der Waals surface area contributed by atoms with E-state index in [0.717, 1.165) is 58.7 Å². The summed E-state index contributed by atoms with van der Waals surface area (Å²) < 4.78 is 22.6. The maximum atomic E-state index is 15.3. The predicted molar refractivity (Wildman–Crippen MR) is 271 cm³/mol. The molecule has 1 unspecified atom stereocenters. The summed E-state index contributed by atoms with van der Waals surface area (Å²) >= 11 is 1.42. The number of pyridine rings is 1. The Morgan fingerprint density at radius 1 is 0.901 bits per heavy atom. The molecule has 2 fully saturated rings. The van der Waals surface area contributed by atoms with E-state index in [0.29, 0.717) is 84.2 Å². The highest BCUT2D eigenvalue weighted by Gasteiger charge is 2.33. The number of rotatable bonds is 16. The summed E-state index contributed by atoms with van der Waals surface area (Å²) in [5, 5.41) is 30.4. The molecule has 71 heavy (non-hydrogen) atoms. The molecular weight excluding hydrogens is 926 g/mol. The number of likely N-dealkylation sites (tertiary alicyclic amines) is 1. The highest BCUT2D eigenvalue weighted by molar-refractivity contribution is 7.22. The Morgan fingerprint density at radius 2 is 1.70 bits per heavy atom. The van der Waals surface area contributed by atoms with E-state index in [9.17, 15) is 29.1 Å². The SMILES string of the molecule is CNc1cc(NC(=O)CN2CCC(CCCOc3cccc(-c4ccc(N5CCc6cccc(C(=O)Nc7nc8ccccc8s7)c6C5)nc4C(=O)O)c3C)CC2)c(F)cc1C(=N)C1CCC(=O)NC1=O. The van der Waals surface area contributed by atoms with Gasteiger partial charge in [-0.3, -0.25) is 34.7 Å². The second-order valence-electron chi connectivity index (χ2n) is 18.2. The second-order valence-corrected chi connectivity index (χ2v) is 19.2. The maximum absolute atomic E-state index is 15.3. The Morgan fingerprint density at radius 3 is 2.48 bits per heavy atom. The normalized spacial score (nSPS) is 16.3. The summed E-state index contributed by atoms with van der Waals surface area (Å²) in [5.74, 6) is -2.76. The number of para-hydroxylation sites is 1. The number of benzene rings is 4. The molecule has 9 rings (SSSR count). The van der Waals surface area contributed by atoms with E-state index in [1.807, 2.05) is 77.4 Å². The fraction of sp³-hybridized carbons (Fsp3) is 0.321. The largest absolute Gasteiger partial charge is 0.493 e. The van der Waals surface area contributed by atoms with Crippen molar-refractivity contribution >= 4 is 79.2 Å². The smallest absolute Gasteiger partial charge is 0.355 e. The Kier molecular flexibility index (Phi) is 14.5. The van der Waals surface area contributed by atoms with Crippen molar-refractivity contribution in [1.82, 2.24) is 20.2 Å². The van der Waals surface area contributed by atoms with E-state index in [-0.39, 0.29) is 53.9 Å². The fourth-order valence-corrected chi connectivity index (χ4v) is 10.6. The van der Waals surface area contributed by atoms with Gasteiger partial charge in [-0.25, -0.2) is 19.2 Å². The van der Waals surface area contributed by atoms with Gasteiger partial charge in [0.1, 0.15) is 17.4 Å². The van der Waals surface area contributed by atoms with E-state index in [4.69, 9.17) is 15.1 Å². The molecule has 18 heteroatoms. The van der Waals surface area contributed by atoms with Crippen molar-refractivity contribution in [2.24, 2.45) is 11.8 Å². The Hall–Kier alpha value is -7.57. The van der Waals surface area contributed by atoms with Gasteiger partial charge in [-0.05, 0) is 135 Å². The van der Waals surface area contributed by atoms with Gasteiger partial charge in [-0.2, -0.15) is 0 Å². The maximum Gasteiger partial charge on any atom is 0.355 e. The number of hydrogen-bond acceptors (Lipinski definition) is 13. The first-order valence-electron chi connectivity index (χ1n) is 23.8. The van der Waals surface area contributed by atoms with E-state index in [1.165, 1.54) is 17.4 Å². The molecule has 0 spiro atoms. The lowest BCUT2D eigenvalue weighted by Gasteiger charge is -2.31. The Labute approximate surface area is 413 Å². The number of anilines is 4. The molecule has 2 aromatic heterocycles. The van der Waals surface area contributed by atoms with Gasteiger partial charge in [-0.1, -0.05) is 47.7 Å². The molecule has 2 saturated heterocycles. The molecule has 6 aromatic rings. The number of halogens is 1. The quantitative estimate of drug-likeness (QED) is 0.0307. The monoisotopic (exact) mass is 979 g/mol. The van der Waals surface area contributed by atoms with Crippen LogP contribution in [0.15, 0.2) is 84.9 Å². The lowest BCUT2D eigenvalue weighted by molar-refractivity contribution is -0.134. The van der Waals surface area contributed by atoms with Crippen molar-refractivity contribution in [1.29, 1.82) is 5.41 Å². The highest BCUT2D eigenvalue weighted by atomic mass is 32.1. The van der Waals surface area contributed by atoms with Gasteiger partial charge in [0, 0.05) is 48.9 Å².